The highest BCUT2D eigenvalue weighted by atomic mass is 16.5. The van der Waals surface area contributed by atoms with Crippen molar-refractivity contribution in [3.8, 4) is 11.6 Å². The molecule has 0 aliphatic rings. The van der Waals surface area contributed by atoms with Crippen molar-refractivity contribution in [2.45, 2.75) is 13.5 Å². The Kier molecular flexibility index (Phi) is 2.99. The topological polar surface area (TPSA) is 90.1 Å². The van der Waals surface area contributed by atoms with Gasteiger partial charge in [0, 0.05) is 6.54 Å². The molecule has 0 radical (unpaired) electrons. The van der Waals surface area contributed by atoms with E-state index in [0.29, 0.717) is 12.3 Å². The largest absolute Gasteiger partial charge is 0.477 e. The quantitative estimate of drug-likeness (QED) is 0.854. The molecule has 1 N–H and O–H groups in total. The van der Waals surface area contributed by atoms with Crippen molar-refractivity contribution in [2.24, 2.45) is 0 Å². The molecule has 0 amide bonds. The molecule has 0 fully saturated rings. The van der Waals surface area contributed by atoms with E-state index >= 15 is 0 Å². The van der Waals surface area contributed by atoms with Crippen molar-refractivity contribution >= 4 is 5.97 Å². The number of aromatic carboxylic acids is 1. The van der Waals surface area contributed by atoms with Gasteiger partial charge in [-0.15, -0.1) is 5.10 Å². The Bertz CT molecular complexity index is 538. The number of carboxylic acids is 1. The Labute approximate surface area is 96.7 Å². The van der Waals surface area contributed by atoms with Crippen LogP contribution in [0.3, 0.4) is 0 Å². The third-order valence-corrected chi connectivity index (χ3v) is 2.07. The average Bonchev–Trinajstić information content (AvgIpc) is 2.77. The molecule has 0 aliphatic heterocycles. The van der Waals surface area contributed by atoms with Gasteiger partial charge in [0.2, 0.25) is 0 Å². The maximum absolute atomic E-state index is 10.9. The average molecular weight is 234 g/mol. The Morgan fingerprint density at radius 2 is 2.41 bits per heavy atom. The number of hydrogen-bond donors (Lipinski definition) is 1. The minimum atomic E-state index is -1.11. The summed E-state index contributed by atoms with van der Waals surface area (Å²) in [6, 6.07) is 1.33. The number of carboxylic acid groups (broad SMARTS) is 1. The van der Waals surface area contributed by atoms with Crippen LogP contribution in [0.25, 0.3) is 0 Å². The van der Waals surface area contributed by atoms with E-state index in [9.17, 15) is 4.79 Å². The number of aromatic nitrogens is 4. The summed E-state index contributed by atoms with van der Waals surface area (Å²) in [4.78, 5) is 10.9. The number of ether oxygens (including phenoxy) is 1. The van der Waals surface area contributed by atoms with Gasteiger partial charge in [0.15, 0.2) is 5.75 Å². The summed E-state index contributed by atoms with van der Waals surface area (Å²) in [6.07, 6.45) is 4.44. The molecular formula is C10H10N4O3. The van der Waals surface area contributed by atoms with Crippen LogP contribution in [0.2, 0.25) is 0 Å². The van der Waals surface area contributed by atoms with Gasteiger partial charge in [0.25, 0.3) is 5.88 Å². The standard InChI is InChI=1S/C10H10N4O3/c1-2-14-6-7(5-12-14)17-9-8(10(15)16)3-4-11-13-9/h3-6H,2H2,1H3,(H,15,16). The van der Waals surface area contributed by atoms with Gasteiger partial charge in [0.05, 0.1) is 18.6 Å². The number of carbonyl (C=O) groups is 1. The Morgan fingerprint density at radius 1 is 1.59 bits per heavy atom. The van der Waals surface area contributed by atoms with Crippen molar-refractivity contribution in [3.63, 3.8) is 0 Å². The first-order chi connectivity index (χ1) is 8.20. The van der Waals surface area contributed by atoms with Crippen LogP contribution in [-0.4, -0.2) is 31.1 Å². The molecule has 7 heteroatoms. The summed E-state index contributed by atoms with van der Waals surface area (Å²) in [5.74, 6) is -0.733. The monoisotopic (exact) mass is 234 g/mol. The molecule has 0 saturated heterocycles. The maximum atomic E-state index is 10.9. The van der Waals surface area contributed by atoms with Gasteiger partial charge in [-0.05, 0) is 13.0 Å². The molecule has 0 spiro atoms. The van der Waals surface area contributed by atoms with Crippen LogP contribution in [0.1, 0.15) is 17.3 Å². The van der Waals surface area contributed by atoms with Crippen molar-refractivity contribution < 1.29 is 14.6 Å². The van der Waals surface area contributed by atoms with Gasteiger partial charge in [0.1, 0.15) is 5.56 Å². The smallest absolute Gasteiger partial charge is 0.341 e. The Hall–Kier alpha value is -2.44. The van der Waals surface area contributed by atoms with Crippen LogP contribution < -0.4 is 4.74 Å². The molecule has 7 nitrogen and oxygen atoms in total. The molecule has 2 heterocycles. The summed E-state index contributed by atoms with van der Waals surface area (Å²) in [7, 11) is 0. The minimum Gasteiger partial charge on any atom is -0.477 e. The molecule has 2 aromatic heterocycles. The molecule has 0 aromatic carbocycles. The second-order valence-electron chi connectivity index (χ2n) is 3.19. The highest BCUT2D eigenvalue weighted by Gasteiger charge is 2.14. The second kappa shape index (κ2) is 4.60. The van der Waals surface area contributed by atoms with Gasteiger partial charge >= 0.3 is 5.97 Å². The third kappa shape index (κ3) is 2.39. The molecule has 17 heavy (non-hydrogen) atoms. The zero-order valence-corrected chi connectivity index (χ0v) is 9.07. The van der Waals surface area contributed by atoms with Gasteiger partial charge < -0.3 is 9.84 Å². The zero-order valence-electron chi connectivity index (χ0n) is 9.07. The van der Waals surface area contributed by atoms with Crippen LogP contribution in [0.4, 0.5) is 0 Å². The summed E-state index contributed by atoms with van der Waals surface area (Å²) < 4.78 is 6.97. The zero-order chi connectivity index (χ0) is 12.3. The molecule has 0 saturated carbocycles. The molecule has 2 aromatic rings. The number of hydrogen-bond acceptors (Lipinski definition) is 5. The van der Waals surface area contributed by atoms with E-state index in [4.69, 9.17) is 9.84 Å². The van der Waals surface area contributed by atoms with E-state index in [1.807, 2.05) is 6.92 Å². The lowest BCUT2D eigenvalue weighted by molar-refractivity contribution is 0.0693. The molecular weight excluding hydrogens is 224 g/mol. The van der Waals surface area contributed by atoms with Crippen LogP contribution in [-0.2, 0) is 6.54 Å². The van der Waals surface area contributed by atoms with Crippen LogP contribution >= 0.6 is 0 Å². The maximum Gasteiger partial charge on any atom is 0.341 e. The number of aryl methyl sites for hydroxylation is 1. The fraction of sp³-hybridized carbons (Fsp3) is 0.200. The lowest BCUT2D eigenvalue weighted by Gasteiger charge is -2.03. The van der Waals surface area contributed by atoms with Crippen molar-refractivity contribution in [2.75, 3.05) is 0 Å². The predicted molar refractivity (Wildman–Crippen MR) is 57.0 cm³/mol. The van der Waals surface area contributed by atoms with E-state index in [1.165, 1.54) is 18.5 Å². The van der Waals surface area contributed by atoms with E-state index < -0.39 is 5.97 Å². The van der Waals surface area contributed by atoms with Crippen molar-refractivity contribution in [3.05, 3.63) is 30.2 Å². The summed E-state index contributed by atoms with van der Waals surface area (Å²) in [6.45, 7) is 2.64. The van der Waals surface area contributed by atoms with Gasteiger partial charge in [-0.1, -0.05) is 0 Å². The number of rotatable bonds is 4. The van der Waals surface area contributed by atoms with Gasteiger partial charge in [-0.25, -0.2) is 4.79 Å². The third-order valence-electron chi connectivity index (χ3n) is 2.07. The van der Waals surface area contributed by atoms with Crippen LogP contribution in [0, 0.1) is 0 Å². The first-order valence-corrected chi connectivity index (χ1v) is 4.96. The minimum absolute atomic E-state index is 0.0377. The lowest BCUT2D eigenvalue weighted by atomic mass is 10.3. The highest BCUT2D eigenvalue weighted by molar-refractivity contribution is 5.89. The normalized spacial score (nSPS) is 10.2. The molecule has 88 valence electrons. The van der Waals surface area contributed by atoms with Crippen molar-refractivity contribution in [1.29, 1.82) is 0 Å². The highest BCUT2D eigenvalue weighted by Crippen LogP contribution is 2.21. The molecule has 2 rings (SSSR count). The molecule has 0 bridgehead atoms. The summed E-state index contributed by atoms with van der Waals surface area (Å²) in [5, 5.41) is 20.2. The SMILES string of the molecule is CCn1cc(Oc2nnccc2C(=O)O)cn1. The fourth-order valence-corrected chi connectivity index (χ4v) is 1.24. The van der Waals surface area contributed by atoms with Crippen LogP contribution in [0.15, 0.2) is 24.7 Å². The number of nitrogens with zero attached hydrogens (tertiary/aromatic N) is 4. The molecule has 0 atom stereocenters. The first kappa shape index (κ1) is 11.1. The van der Waals surface area contributed by atoms with E-state index in [1.54, 1.807) is 10.9 Å². The van der Waals surface area contributed by atoms with Crippen molar-refractivity contribution in [1.82, 2.24) is 20.0 Å². The van der Waals surface area contributed by atoms with Gasteiger partial charge in [-0.3, -0.25) is 4.68 Å². The Balaban J connectivity index is 2.26. The molecule has 0 unspecified atom stereocenters. The fourth-order valence-electron chi connectivity index (χ4n) is 1.24. The van der Waals surface area contributed by atoms with E-state index in [2.05, 4.69) is 15.3 Å². The summed E-state index contributed by atoms with van der Waals surface area (Å²) >= 11 is 0. The van der Waals surface area contributed by atoms with Gasteiger partial charge in [-0.2, -0.15) is 10.2 Å². The molecule has 0 aliphatic carbocycles. The van der Waals surface area contributed by atoms with E-state index in [-0.39, 0.29) is 11.4 Å². The predicted octanol–water partition coefficient (Wildman–Crippen LogP) is 1.18. The first-order valence-electron chi connectivity index (χ1n) is 4.96. The van der Waals surface area contributed by atoms with Crippen LogP contribution in [0.5, 0.6) is 11.6 Å². The van der Waals surface area contributed by atoms with E-state index in [0.717, 1.165) is 0 Å². The summed E-state index contributed by atoms with van der Waals surface area (Å²) in [5.41, 5.74) is -0.0377. The lowest BCUT2D eigenvalue weighted by Crippen LogP contribution is -2.02. The Morgan fingerprint density at radius 3 is 3.06 bits per heavy atom. The second-order valence-corrected chi connectivity index (χ2v) is 3.19.